The Labute approximate surface area is 102 Å². The molecule has 1 saturated carbocycles. The summed E-state index contributed by atoms with van der Waals surface area (Å²) in [5.41, 5.74) is 0. The largest absolute Gasteiger partial charge is 0.393 e. The fraction of sp³-hybridized carbons (Fsp3) is 1.00. The van der Waals surface area contributed by atoms with Crippen LogP contribution in [0.25, 0.3) is 0 Å². The molecule has 1 fully saturated rings. The lowest BCUT2D eigenvalue weighted by Gasteiger charge is -2.09. The van der Waals surface area contributed by atoms with Crippen LogP contribution in [0.1, 0.15) is 84.0 Å². The van der Waals surface area contributed by atoms with Gasteiger partial charge in [0.1, 0.15) is 0 Å². The SMILES string of the molecule is CCCCCCCCCC(O)CCC1CC1. The van der Waals surface area contributed by atoms with Gasteiger partial charge in [-0.15, -0.1) is 0 Å². The Bertz CT molecular complexity index is 152. The van der Waals surface area contributed by atoms with Gasteiger partial charge in [-0.05, 0) is 25.2 Å². The van der Waals surface area contributed by atoms with Crippen LogP contribution in [-0.2, 0) is 0 Å². The maximum Gasteiger partial charge on any atom is 0.0540 e. The van der Waals surface area contributed by atoms with Crippen LogP contribution < -0.4 is 0 Å². The second-order valence-corrected chi connectivity index (χ2v) is 5.58. The Morgan fingerprint density at radius 1 is 0.938 bits per heavy atom. The highest BCUT2D eigenvalue weighted by atomic mass is 16.3. The van der Waals surface area contributed by atoms with Crippen molar-refractivity contribution in [2.45, 2.75) is 90.1 Å². The van der Waals surface area contributed by atoms with E-state index in [-0.39, 0.29) is 6.10 Å². The summed E-state index contributed by atoms with van der Waals surface area (Å²) in [6, 6.07) is 0. The van der Waals surface area contributed by atoms with Crippen molar-refractivity contribution in [1.29, 1.82) is 0 Å². The molecule has 0 spiro atoms. The predicted octanol–water partition coefficient (Wildman–Crippen LogP) is 4.68. The van der Waals surface area contributed by atoms with Crippen molar-refractivity contribution >= 4 is 0 Å². The normalized spacial score (nSPS) is 17.6. The molecule has 1 unspecified atom stereocenters. The van der Waals surface area contributed by atoms with E-state index in [2.05, 4.69) is 6.92 Å². The number of hydrogen-bond donors (Lipinski definition) is 1. The average Bonchev–Trinajstić information content (AvgIpc) is 3.09. The van der Waals surface area contributed by atoms with E-state index < -0.39 is 0 Å². The van der Waals surface area contributed by atoms with Crippen molar-refractivity contribution in [3.63, 3.8) is 0 Å². The summed E-state index contributed by atoms with van der Waals surface area (Å²) >= 11 is 0. The average molecular weight is 226 g/mol. The minimum absolute atomic E-state index is 0.00348. The van der Waals surface area contributed by atoms with Gasteiger partial charge >= 0.3 is 0 Å². The predicted molar refractivity (Wildman–Crippen MR) is 70.6 cm³/mol. The van der Waals surface area contributed by atoms with Crippen LogP contribution in [0.5, 0.6) is 0 Å². The summed E-state index contributed by atoms with van der Waals surface area (Å²) < 4.78 is 0. The number of aliphatic hydroxyl groups is 1. The summed E-state index contributed by atoms with van der Waals surface area (Å²) in [5, 5.41) is 9.77. The summed E-state index contributed by atoms with van der Waals surface area (Å²) in [7, 11) is 0. The molecule has 1 heteroatoms. The summed E-state index contributed by atoms with van der Waals surface area (Å²) in [4.78, 5) is 0. The molecule has 0 aromatic heterocycles. The molecule has 0 radical (unpaired) electrons. The van der Waals surface area contributed by atoms with E-state index in [0.29, 0.717) is 0 Å². The van der Waals surface area contributed by atoms with E-state index in [1.807, 2.05) is 0 Å². The van der Waals surface area contributed by atoms with Gasteiger partial charge < -0.3 is 5.11 Å². The van der Waals surface area contributed by atoms with Crippen molar-refractivity contribution in [2.75, 3.05) is 0 Å². The molecule has 0 aromatic carbocycles. The first-order chi connectivity index (χ1) is 7.83. The first-order valence-corrected chi connectivity index (χ1v) is 7.51. The zero-order valence-electron chi connectivity index (χ0n) is 11.1. The molecule has 0 amide bonds. The Morgan fingerprint density at radius 2 is 1.56 bits per heavy atom. The maximum absolute atomic E-state index is 9.77. The number of hydrogen-bond acceptors (Lipinski definition) is 1. The van der Waals surface area contributed by atoms with Crippen LogP contribution in [0.2, 0.25) is 0 Å². The summed E-state index contributed by atoms with van der Waals surface area (Å²) in [6.07, 6.45) is 15.7. The third-order valence-electron chi connectivity index (χ3n) is 3.75. The molecule has 0 heterocycles. The van der Waals surface area contributed by atoms with E-state index in [1.54, 1.807) is 0 Å². The Hall–Kier alpha value is -0.0400. The van der Waals surface area contributed by atoms with Gasteiger partial charge in [0.05, 0.1) is 6.10 Å². The standard InChI is InChI=1S/C15H30O/c1-2-3-4-5-6-7-8-9-15(16)13-12-14-10-11-14/h14-16H,2-13H2,1H3. The van der Waals surface area contributed by atoms with Crippen LogP contribution in [-0.4, -0.2) is 11.2 Å². The molecule has 0 saturated heterocycles. The molecule has 16 heavy (non-hydrogen) atoms. The molecule has 0 bridgehead atoms. The van der Waals surface area contributed by atoms with Crippen molar-refractivity contribution in [1.82, 2.24) is 0 Å². The maximum atomic E-state index is 9.77. The van der Waals surface area contributed by atoms with Gasteiger partial charge in [-0.3, -0.25) is 0 Å². The van der Waals surface area contributed by atoms with Gasteiger partial charge in [-0.25, -0.2) is 0 Å². The van der Waals surface area contributed by atoms with Gasteiger partial charge in [0.2, 0.25) is 0 Å². The summed E-state index contributed by atoms with van der Waals surface area (Å²) in [5.74, 6) is 0.976. The lowest BCUT2D eigenvalue weighted by Crippen LogP contribution is -2.06. The lowest BCUT2D eigenvalue weighted by atomic mass is 10.0. The van der Waals surface area contributed by atoms with Gasteiger partial charge in [-0.2, -0.15) is 0 Å². The molecule has 1 N–H and O–H groups in total. The Balaban J connectivity index is 1.75. The van der Waals surface area contributed by atoms with E-state index in [0.717, 1.165) is 18.8 Å². The van der Waals surface area contributed by atoms with Crippen LogP contribution in [0.15, 0.2) is 0 Å². The third kappa shape index (κ3) is 8.15. The molecule has 1 aliphatic carbocycles. The minimum atomic E-state index is -0.00348. The Kier molecular flexibility index (Phi) is 7.92. The fourth-order valence-corrected chi connectivity index (χ4v) is 2.32. The van der Waals surface area contributed by atoms with E-state index in [1.165, 1.54) is 64.2 Å². The van der Waals surface area contributed by atoms with Crippen molar-refractivity contribution in [3.05, 3.63) is 0 Å². The van der Waals surface area contributed by atoms with Crippen LogP contribution in [0, 0.1) is 5.92 Å². The molecule has 1 rings (SSSR count). The monoisotopic (exact) mass is 226 g/mol. The minimum Gasteiger partial charge on any atom is -0.393 e. The molecular formula is C15H30O. The smallest absolute Gasteiger partial charge is 0.0540 e. The van der Waals surface area contributed by atoms with Gasteiger partial charge in [-0.1, -0.05) is 64.7 Å². The molecule has 0 aromatic rings. The first-order valence-electron chi connectivity index (χ1n) is 7.51. The number of unbranched alkanes of at least 4 members (excludes halogenated alkanes) is 6. The van der Waals surface area contributed by atoms with Crippen LogP contribution in [0.3, 0.4) is 0 Å². The van der Waals surface area contributed by atoms with E-state index in [9.17, 15) is 5.11 Å². The van der Waals surface area contributed by atoms with Crippen LogP contribution in [0.4, 0.5) is 0 Å². The molecule has 0 aliphatic heterocycles. The lowest BCUT2D eigenvalue weighted by molar-refractivity contribution is 0.146. The zero-order chi connectivity index (χ0) is 11.6. The second kappa shape index (κ2) is 9.04. The van der Waals surface area contributed by atoms with Crippen molar-refractivity contribution in [2.24, 2.45) is 5.92 Å². The van der Waals surface area contributed by atoms with Crippen LogP contribution >= 0.6 is 0 Å². The highest BCUT2D eigenvalue weighted by Gasteiger charge is 2.21. The zero-order valence-corrected chi connectivity index (χ0v) is 11.1. The topological polar surface area (TPSA) is 20.2 Å². The molecule has 1 atom stereocenters. The third-order valence-corrected chi connectivity index (χ3v) is 3.75. The quantitative estimate of drug-likeness (QED) is 0.507. The van der Waals surface area contributed by atoms with E-state index in [4.69, 9.17) is 0 Å². The van der Waals surface area contributed by atoms with E-state index >= 15 is 0 Å². The van der Waals surface area contributed by atoms with Crippen molar-refractivity contribution in [3.8, 4) is 0 Å². The molecule has 1 aliphatic rings. The second-order valence-electron chi connectivity index (χ2n) is 5.58. The highest BCUT2D eigenvalue weighted by Crippen LogP contribution is 2.34. The molecule has 1 nitrogen and oxygen atoms in total. The van der Waals surface area contributed by atoms with Gasteiger partial charge in [0.25, 0.3) is 0 Å². The fourth-order valence-electron chi connectivity index (χ4n) is 2.32. The summed E-state index contributed by atoms with van der Waals surface area (Å²) in [6.45, 7) is 2.26. The van der Waals surface area contributed by atoms with Crippen molar-refractivity contribution < 1.29 is 5.11 Å². The first kappa shape index (κ1) is 14.0. The number of rotatable bonds is 11. The Morgan fingerprint density at radius 3 is 2.19 bits per heavy atom. The molecule has 96 valence electrons. The number of aliphatic hydroxyl groups excluding tert-OH is 1. The van der Waals surface area contributed by atoms with Gasteiger partial charge in [0.15, 0.2) is 0 Å². The molecular weight excluding hydrogens is 196 g/mol. The highest BCUT2D eigenvalue weighted by molar-refractivity contribution is 4.74. The van der Waals surface area contributed by atoms with Gasteiger partial charge in [0, 0.05) is 0 Å².